The van der Waals surface area contributed by atoms with Crippen LogP contribution >= 0.6 is 11.3 Å². The Morgan fingerprint density at radius 3 is 2.83 bits per heavy atom. The summed E-state index contributed by atoms with van der Waals surface area (Å²) >= 11 is 1.39. The minimum Gasteiger partial charge on any atom is -0.333 e. The molecule has 1 aliphatic heterocycles. The maximum atomic E-state index is 13.0. The molecule has 1 N–H and O–H groups in total. The lowest BCUT2D eigenvalue weighted by Gasteiger charge is -2.33. The Balaban J connectivity index is 2.08. The normalized spacial score (nSPS) is 19.2. The number of nitrogens with zero attached hydrogens (tertiary/aromatic N) is 1. The molecule has 0 radical (unpaired) electrons. The van der Waals surface area contributed by atoms with Crippen molar-refractivity contribution in [2.75, 3.05) is 25.9 Å². The van der Waals surface area contributed by atoms with Crippen LogP contribution in [-0.2, 0) is 15.6 Å². The topological polar surface area (TPSA) is 66.5 Å². The van der Waals surface area contributed by atoms with E-state index in [1.807, 2.05) is 36.1 Å². The average molecular weight is 352 g/mol. The Morgan fingerprint density at radius 1 is 1.39 bits per heavy atom. The van der Waals surface area contributed by atoms with Crippen molar-refractivity contribution in [2.45, 2.75) is 18.7 Å². The van der Waals surface area contributed by atoms with Gasteiger partial charge in [-0.25, -0.2) is 8.42 Å². The third-order valence-corrected chi connectivity index (χ3v) is 6.08. The fourth-order valence-electron chi connectivity index (χ4n) is 2.95. The monoisotopic (exact) mass is 352 g/mol. The molecule has 0 bridgehead atoms. The summed E-state index contributed by atoms with van der Waals surface area (Å²) in [6, 6.07) is 7.72. The van der Waals surface area contributed by atoms with Crippen LogP contribution in [0.3, 0.4) is 0 Å². The second-order valence-electron chi connectivity index (χ2n) is 6.03. The highest BCUT2D eigenvalue weighted by Gasteiger charge is 2.29. The van der Waals surface area contributed by atoms with E-state index >= 15 is 0 Å². The van der Waals surface area contributed by atoms with Gasteiger partial charge in [-0.1, -0.05) is 18.2 Å². The lowest BCUT2D eigenvalue weighted by atomic mass is 10.1. The third kappa shape index (κ3) is 3.41. The molecule has 7 heteroatoms. The van der Waals surface area contributed by atoms with E-state index in [0.717, 1.165) is 23.2 Å². The van der Waals surface area contributed by atoms with Crippen LogP contribution in [0.2, 0.25) is 0 Å². The van der Waals surface area contributed by atoms with Crippen LogP contribution in [0.25, 0.3) is 10.1 Å². The molecular formula is C16H20N2O3S2. The van der Waals surface area contributed by atoms with Gasteiger partial charge in [-0.15, -0.1) is 11.3 Å². The molecule has 1 amide bonds. The zero-order chi connectivity index (χ0) is 16.6. The first-order valence-electron chi connectivity index (χ1n) is 7.56. The van der Waals surface area contributed by atoms with E-state index in [2.05, 4.69) is 5.32 Å². The number of hydrogen-bond acceptors (Lipinski definition) is 5. The Morgan fingerprint density at radius 2 is 2.13 bits per heavy atom. The standard InChI is InChI=1S/C16H20N2O3S2/c1-11-9-17-7-8-18(11)16(19)15-13(10-23(2,20)21)12-5-3-4-6-14(12)22-15/h3-6,11,17H,7-10H2,1-2H3/t11-/m0/s1. The lowest BCUT2D eigenvalue weighted by Crippen LogP contribution is -2.52. The summed E-state index contributed by atoms with van der Waals surface area (Å²) in [5.41, 5.74) is 0.642. The van der Waals surface area contributed by atoms with Crippen LogP contribution in [0.5, 0.6) is 0 Å². The van der Waals surface area contributed by atoms with Crippen LogP contribution < -0.4 is 5.32 Å². The van der Waals surface area contributed by atoms with Crippen molar-refractivity contribution in [1.82, 2.24) is 10.2 Å². The Hall–Kier alpha value is -1.44. The molecule has 1 saturated heterocycles. The molecule has 0 unspecified atom stereocenters. The number of carbonyl (C=O) groups is 1. The number of piperazine rings is 1. The molecular weight excluding hydrogens is 332 g/mol. The Kier molecular flexibility index (Phi) is 4.44. The van der Waals surface area contributed by atoms with Crippen molar-refractivity contribution in [1.29, 1.82) is 0 Å². The molecule has 0 spiro atoms. The number of fused-ring (bicyclic) bond motifs is 1. The second kappa shape index (κ2) is 6.22. The fourth-order valence-corrected chi connectivity index (χ4v) is 5.04. The molecule has 3 rings (SSSR count). The first-order chi connectivity index (χ1) is 10.9. The smallest absolute Gasteiger partial charge is 0.264 e. The van der Waals surface area contributed by atoms with E-state index < -0.39 is 9.84 Å². The summed E-state index contributed by atoms with van der Waals surface area (Å²) in [5.74, 6) is -0.155. The van der Waals surface area contributed by atoms with Crippen LogP contribution in [0, 0.1) is 0 Å². The number of sulfone groups is 1. The highest BCUT2D eigenvalue weighted by molar-refractivity contribution is 7.89. The number of carbonyl (C=O) groups excluding carboxylic acids is 1. The van der Waals surface area contributed by atoms with Gasteiger partial charge in [0.05, 0.1) is 10.6 Å². The number of hydrogen-bond donors (Lipinski definition) is 1. The molecule has 1 fully saturated rings. The van der Waals surface area contributed by atoms with Crippen LogP contribution in [-0.4, -0.2) is 51.2 Å². The van der Waals surface area contributed by atoms with Gasteiger partial charge in [-0.3, -0.25) is 4.79 Å². The Labute approximate surface area is 140 Å². The van der Waals surface area contributed by atoms with Crippen molar-refractivity contribution in [2.24, 2.45) is 0 Å². The maximum Gasteiger partial charge on any atom is 0.264 e. The number of benzene rings is 1. The van der Waals surface area contributed by atoms with Gasteiger partial charge >= 0.3 is 0 Å². The molecule has 1 aliphatic rings. The van der Waals surface area contributed by atoms with Crippen LogP contribution in [0.4, 0.5) is 0 Å². The summed E-state index contributed by atoms with van der Waals surface area (Å²) in [6.45, 7) is 4.18. The highest BCUT2D eigenvalue weighted by atomic mass is 32.2. The van der Waals surface area contributed by atoms with Crippen LogP contribution in [0.1, 0.15) is 22.2 Å². The number of nitrogens with one attached hydrogen (secondary N) is 1. The lowest BCUT2D eigenvalue weighted by molar-refractivity contribution is 0.0660. The van der Waals surface area contributed by atoms with Gasteiger partial charge < -0.3 is 10.2 Å². The largest absolute Gasteiger partial charge is 0.333 e. The molecule has 124 valence electrons. The number of rotatable bonds is 3. The maximum absolute atomic E-state index is 13.0. The van der Waals surface area contributed by atoms with Crippen molar-refractivity contribution < 1.29 is 13.2 Å². The average Bonchev–Trinajstić information content (AvgIpc) is 2.84. The molecule has 1 aromatic carbocycles. The third-order valence-electron chi connectivity index (χ3n) is 4.06. The van der Waals surface area contributed by atoms with Crippen LogP contribution in [0.15, 0.2) is 24.3 Å². The first kappa shape index (κ1) is 16.4. The Bertz CT molecular complexity index is 842. The SMILES string of the molecule is C[C@H]1CNCCN1C(=O)c1sc2ccccc2c1CS(C)(=O)=O. The van der Waals surface area contributed by atoms with Gasteiger partial charge in [0.1, 0.15) is 0 Å². The van der Waals surface area contributed by atoms with E-state index in [0.29, 0.717) is 17.0 Å². The summed E-state index contributed by atoms with van der Waals surface area (Å²) in [5, 5.41) is 4.13. The van der Waals surface area contributed by atoms with Gasteiger partial charge in [-0.2, -0.15) is 0 Å². The first-order valence-corrected chi connectivity index (χ1v) is 10.4. The quantitative estimate of drug-likeness (QED) is 0.916. The van der Waals surface area contributed by atoms with E-state index in [4.69, 9.17) is 0 Å². The molecule has 2 heterocycles. The van der Waals surface area contributed by atoms with Gasteiger partial charge in [0, 0.05) is 36.6 Å². The molecule has 0 saturated carbocycles. The molecule has 1 aromatic heterocycles. The van der Waals surface area contributed by atoms with Crippen molar-refractivity contribution in [3.05, 3.63) is 34.7 Å². The van der Waals surface area contributed by atoms with E-state index in [9.17, 15) is 13.2 Å². The van der Waals surface area contributed by atoms with Gasteiger partial charge in [0.2, 0.25) is 0 Å². The predicted octanol–water partition coefficient (Wildman–Crippen LogP) is 1.88. The van der Waals surface area contributed by atoms with Gasteiger partial charge in [0.25, 0.3) is 5.91 Å². The molecule has 2 aromatic rings. The summed E-state index contributed by atoms with van der Waals surface area (Å²) in [4.78, 5) is 15.4. The molecule has 5 nitrogen and oxygen atoms in total. The van der Waals surface area contributed by atoms with E-state index in [-0.39, 0.29) is 17.7 Å². The zero-order valence-electron chi connectivity index (χ0n) is 13.2. The highest BCUT2D eigenvalue weighted by Crippen LogP contribution is 2.33. The fraction of sp³-hybridized carbons (Fsp3) is 0.438. The van der Waals surface area contributed by atoms with Crippen molar-refractivity contribution in [3.63, 3.8) is 0 Å². The van der Waals surface area contributed by atoms with Crippen molar-refractivity contribution >= 4 is 37.2 Å². The van der Waals surface area contributed by atoms with Crippen molar-refractivity contribution in [3.8, 4) is 0 Å². The second-order valence-corrected chi connectivity index (χ2v) is 9.22. The number of thiophene rings is 1. The number of amides is 1. The summed E-state index contributed by atoms with van der Waals surface area (Å²) in [6.07, 6.45) is 1.21. The summed E-state index contributed by atoms with van der Waals surface area (Å²) < 4.78 is 24.6. The minimum atomic E-state index is -3.22. The minimum absolute atomic E-state index is 0.0566. The molecule has 0 aliphatic carbocycles. The van der Waals surface area contributed by atoms with E-state index in [1.165, 1.54) is 17.6 Å². The predicted molar refractivity (Wildman–Crippen MR) is 93.7 cm³/mol. The van der Waals surface area contributed by atoms with Gasteiger partial charge in [0.15, 0.2) is 9.84 Å². The van der Waals surface area contributed by atoms with Gasteiger partial charge in [-0.05, 0) is 23.9 Å². The molecule has 1 atom stereocenters. The molecule has 23 heavy (non-hydrogen) atoms. The zero-order valence-corrected chi connectivity index (χ0v) is 14.8. The summed E-state index contributed by atoms with van der Waals surface area (Å²) in [7, 11) is -3.22. The van der Waals surface area contributed by atoms with E-state index in [1.54, 1.807) is 0 Å².